The third-order valence-corrected chi connectivity index (χ3v) is 2.27. The molecule has 0 bridgehead atoms. The van der Waals surface area contributed by atoms with Crippen LogP contribution in [-0.2, 0) is 16.0 Å². The molecule has 0 spiro atoms. The zero-order valence-electron chi connectivity index (χ0n) is 9.50. The van der Waals surface area contributed by atoms with Crippen molar-refractivity contribution in [3.8, 4) is 0 Å². The number of carbonyl (C=O) groups is 1. The first-order chi connectivity index (χ1) is 7.67. The third-order valence-electron chi connectivity index (χ3n) is 2.27. The van der Waals surface area contributed by atoms with Crippen molar-refractivity contribution in [2.75, 3.05) is 13.7 Å². The number of rotatable bonds is 5. The number of hydrogen-bond donors (Lipinski definition) is 1. The van der Waals surface area contributed by atoms with Crippen molar-refractivity contribution in [3.05, 3.63) is 35.6 Å². The molecule has 0 heterocycles. The van der Waals surface area contributed by atoms with Crippen molar-refractivity contribution < 1.29 is 13.9 Å². The van der Waals surface area contributed by atoms with Crippen molar-refractivity contribution in [2.24, 2.45) is 0 Å². The number of halogens is 1. The predicted octanol–water partition coefficient (Wildman–Crippen LogP) is 1.52. The number of esters is 1. The quantitative estimate of drug-likeness (QED) is 0.772. The van der Waals surface area contributed by atoms with Crippen molar-refractivity contribution in [1.82, 2.24) is 5.32 Å². The van der Waals surface area contributed by atoms with Gasteiger partial charge in [-0.05, 0) is 38.1 Å². The van der Waals surface area contributed by atoms with Gasteiger partial charge in [0, 0.05) is 0 Å². The van der Waals surface area contributed by atoms with Crippen LogP contribution in [0.5, 0.6) is 0 Å². The zero-order valence-corrected chi connectivity index (χ0v) is 9.50. The van der Waals surface area contributed by atoms with Crippen molar-refractivity contribution >= 4 is 5.97 Å². The van der Waals surface area contributed by atoms with Gasteiger partial charge in [-0.3, -0.25) is 4.79 Å². The van der Waals surface area contributed by atoms with E-state index in [1.54, 1.807) is 26.1 Å². The lowest BCUT2D eigenvalue weighted by atomic mass is 10.1. The zero-order chi connectivity index (χ0) is 12.0. The van der Waals surface area contributed by atoms with Gasteiger partial charge in [-0.2, -0.15) is 0 Å². The molecular weight excluding hydrogens is 209 g/mol. The van der Waals surface area contributed by atoms with Gasteiger partial charge >= 0.3 is 5.97 Å². The monoisotopic (exact) mass is 225 g/mol. The van der Waals surface area contributed by atoms with Gasteiger partial charge in [0.15, 0.2) is 0 Å². The number of hydrogen-bond acceptors (Lipinski definition) is 3. The third kappa shape index (κ3) is 3.62. The SMILES string of the molecule is CCOC(=O)C(Cc1ccc(F)cc1)NC. The molecule has 0 aliphatic carbocycles. The highest BCUT2D eigenvalue weighted by Gasteiger charge is 2.17. The Kier molecular flexibility index (Phi) is 4.92. The second kappa shape index (κ2) is 6.23. The summed E-state index contributed by atoms with van der Waals surface area (Å²) in [4.78, 5) is 11.5. The highest BCUT2D eigenvalue weighted by Crippen LogP contribution is 2.06. The Morgan fingerprint density at radius 3 is 2.56 bits per heavy atom. The molecule has 4 heteroatoms. The molecule has 1 aromatic carbocycles. The van der Waals surface area contributed by atoms with Gasteiger partial charge in [0.05, 0.1) is 6.61 Å². The average molecular weight is 225 g/mol. The van der Waals surface area contributed by atoms with E-state index >= 15 is 0 Å². The fourth-order valence-corrected chi connectivity index (χ4v) is 1.40. The standard InChI is InChI=1S/C12H16FNO2/c1-3-16-12(15)11(14-2)8-9-4-6-10(13)7-5-9/h4-7,11,14H,3,8H2,1-2H3. The van der Waals surface area contributed by atoms with Crippen LogP contribution in [0, 0.1) is 5.82 Å². The molecule has 16 heavy (non-hydrogen) atoms. The highest BCUT2D eigenvalue weighted by molar-refractivity contribution is 5.76. The summed E-state index contributed by atoms with van der Waals surface area (Å²) in [5.41, 5.74) is 0.897. The Morgan fingerprint density at radius 1 is 1.44 bits per heavy atom. The van der Waals surface area contributed by atoms with E-state index in [4.69, 9.17) is 4.74 Å². The summed E-state index contributed by atoms with van der Waals surface area (Å²) in [7, 11) is 1.70. The van der Waals surface area contributed by atoms with Crippen LogP contribution in [0.2, 0.25) is 0 Å². The smallest absolute Gasteiger partial charge is 0.323 e. The summed E-state index contributed by atoms with van der Waals surface area (Å²) in [6.45, 7) is 2.13. The van der Waals surface area contributed by atoms with Gasteiger partial charge in [-0.25, -0.2) is 4.39 Å². The van der Waals surface area contributed by atoms with Crippen LogP contribution in [-0.4, -0.2) is 25.7 Å². The molecule has 0 saturated heterocycles. The van der Waals surface area contributed by atoms with Crippen LogP contribution >= 0.6 is 0 Å². The molecule has 1 rings (SSSR count). The lowest BCUT2D eigenvalue weighted by Crippen LogP contribution is -2.37. The lowest BCUT2D eigenvalue weighted by molar-refractivity contribution is -0.145. The molecule has 1 atom stereocenters. The van der Waals surface area contributed by atoms with Gasteiger partial charge in [0.2, 0.25) is 0 Å². The van der Waals surface area contributed by atoms with E-state index < -0.39 is 0 Å². The minimum absolute atomic E-state index is 0.277. The maximum Gasteiger partial charge on any atom is 0.323 e. The minimum atomic E-state index is -0.384. The van der Waals surface area contributed by atoms with E-state index in [0.717, 1.165) is 5.56 Å². The molecule has 0 amide bonds. The molecule has 0 fully saturated rings. The second-order valence-corrected chi connectivity index (χ2v) is 3.42. The molecule has 1 aromatic rings. The van der Waals surface area contributed by atoms with Crippen LogP contribution in [0.25, 0.3) is 0 Å². The molecule has 1 unspecified atom stereocenters. The Bertz CT molecular complexity index is 337. The Morgan fingerprint density at radius 2 is 2.06 bits per heavy atom. The van der Waals surface area contributed by atoms with Gasteiger partial charge < -0.3 is 10.1 Å². The first-order valence-electron chi connectivity index (χ1n) is 5.25. The first-order valence-corrected chi connectivity index (χ1v) is 5.25. The summed E-state index contributed by atoms with van der Waals surface area (Å²) in [6.07, 6.45) is 0.496. The molecule has 0 aromatic heterocycles. The van der Waals surface area contributed by atoms with Crippen molar-refractivity contribution in [2.45, 2.75) is 19.4 Å². The maximum atomic E-state index is 12.7. The van der Waals surface area contributed by atoms with Crippen LogP contribution < -0.4 is 5.32 Å². The van der Waals surface area contributed by atoms with Crippen LogP contribution in [0.4, 0.5) is 4.39 Å². The summed E-state index contributed by atoms with van der Waals surface area (Å²) in [5, 5.41) is 2.88. The molecule has 1 N–H and O–H groups in total. The highest BCUT2D eigenvalue weighted by atomic mass is 19.1. The normalized spacial score (nSPS) is 12.2. The maximum absolute atomic E-state index is 12.7. The lowest BCUT2D eigenvalue weighted by Gasteiger charge is -2.14. The van der Waals surface area contributed by atoms with Crippen LogP contribution in [0.1, 0.15) is 12.5 Å². The minimum Gasteiger partial charge on any atom is -0.465 e. The van der Waals surface area contributed by atoms with E-state index in [2.05, 4.69) is 5.32 Å². The Labute approximate surface area is 94.6 Å². The number of ether oxygens (including phenoxy) is 1. The van der Waals surface area contributed by atoms with Gasteiger partial charge in [0.1, 0.15) is 11.9 Å². The number of carbonyl (C=O) groups excluding carboxylic acids is 1. The summed E-state index contributed by atoms with van der Waals surface area (Å²) >= 11 is 0. The van der Waals surface area contributed by atoms with Gasteiger partial charge in [-0.15, -0.1) is 0 Å². The molecular formula is C12H16FNO2. The number of benzene rings is 1. The topological polar surface area (TPSA) is 38.3 Å². The fourth-order valence-electron chi connectivity index (χ4n) is 1.40. The summed E-state index contributed by atoms with van der Waals surface area (Å²) < 4.78 is 17.6. The number of nitrogens with one attached hydrogen (secondary N) is 1. The molecule has 0 saturated carbocycles. The van der Waals surface area contributed by atoms with Gasteiger partial charge in [0.25, 0.3) is 0 Å². The van der Waals surface area contributed by atoms with E-state index in [-0.39, 0.29) is 17.8 Å². The second-order valence-electron chi connectivity index (χ2n) is 3.42. The molecule has 0 aliphatic rings. The fraction of sp³-hybridized carbons (Fsp3) is 0.417. The van der Waals surface area contributed by atoms with Gasteiger partial charge in [-0.1, -0.05) is 12.1 Å². The predicted molar refractivity (Wildman–Crippen MR) is 59.6 cm³/mol. The number of likely N-dealkylation sites (N-methyl/N-ethyl adjacent to an activating group) is 1. The largest absolute Gasteiger partial charge is 0.465 e. The summed E-state index contributed by atoms with van der Waals surface area (Å²) in [5.74, 6) is -0.560. The summed E-state index contributed by atoms with van der Waals surface area (Å²) in [6, 6.07) is 5.71. The van der Waals surface area contributed by atoms with E-state index in [0.29, 0.717) is 13.0 Å². The Hall–Kier alpha value is -1.42. The van der Waals surface area contributed by atoms with Crippen molar-refractivity contribution in [1.29, 1.82) is 0 Å². The van der Waals surface area contributed by atoms with E-state index in [1.807, 2.05) is 0 Å². The molecule has 88 valence electrons. The van der Waals surface area contributed by atoms with E-state index in [9.17, 15) is 9.18 Å². The van der Waals surface area contributed by atoms with E-state index in [1.165, 1.54) is 12.1 Å². The first kappa shape index (κ1) is 12.6. The van der Waals surface area contributed by atoms with Crippen LogP contribution in [0.15, 0.2) is 24.3 Å². The molecule has 3 nitrogen and oxygen atoms in total. The molecule has 0 radical (unpaired) electrons. The molecule has 0 aliphatic heterocycles. The van der Waals surface area contributed by atoms with Crippen LogP contribution in [0.3, 0.4) is 0 Å². The van der Waals surface area contributed by atoms with Crippen molar-refractivity contribution in [3.63, 3.8) is 0 Å². The average Bonchev–Trinajstić information content (AvgIpc) is 2.28. The Balaban J connectivity index is 2.62.